The first-order chi connectivity index (χ1) is 12.4. The molecular weight excluding hydrogens is 340 g/mol. The monoisotopic (exact) mass is 358 g/mol. The van der Waals surface area contributed by atoms with Crippen molar-refractivity contribution in [3.8, 4) is 5.75 Å². The molecule has 0 aliphatic heterocycles. The standard InChI is InChI=1S/C18H18N2O6/c1-12-6-5-9-16(13(12)2)25-11-18(22)26-10-17(21)19-14-7-3-4-8-15(14)20(23)24/h3-9H,10-11H2,1-2H3,(H,19,21). The third kappa shape index (κ3) is 5.04. The molecule has 0 radical (unpaired) electrons. The molecule has 26 heavy (non-hydrogen) atoms. The van der Waals surface area contributed by atoms with Gasteiger partial charge in [0.1, 0.15) is 11.4 Å². The number of nitrogens with one attached hydrogen (secondary N) is 1. The van der Waals surface area contributed by atoms with Crippen LogP contribution in [0, 0.1) is 24.0 Å². The number of esters is 1. The Morgan fingerprint density at radius 2 is 1.81 bits per heavy atom. The number of nitro groups is 1. The minimum Gasteiger partial charge on any atom is -0.482 e. The zero-order valence-corrected chi connectivity index (χ0v) is 14.4. The van der Waals surface area contributed by atoms with Gasteiger partial charge in [-0.3, -0.25) is 14.9 Å². The van der Waals surface area contributed by atoms with Crippen LogP contribution in [0.4, 0.5) is 11.4 Å². The van der Waals surface area contributed by atoms with E-state index in [1.165, 1.54) is 18.2 Å². The van der Waals surface area contributed by atoms with E-state index in [4.69, 9.17) is 9.47 Å². The highest BCUT2D eigenvalue weighted by molar-refractivity contribution is 5.94. The number of anilines is 1. The second-order valence-electron chi connectivity index (χ2n) is 5.47. The van der Waals surface area contributed by atoms with E-state index < -0.39 is 23.4 Å². The Kier molecular flexibility index (Phi) is 6.26. The number of para-hydroxylation sites is 2. The molecule has 8 nitrogen and oxygen atoms in total. The van der Waals surface area contributed by atoms with Crippen LogP contribution in [0.25, 0.3) is 0 Å². The lowest BCUT2D eigenvalue weighted by atomic mass is 10.1. The van der Waals surface area contributed by atoms with Crippen molar-refractivity contribution in [2.75, 3.05) is 18.5 Å². The van der Waals surface area contributed by atoms with Gasteiger partial charge in [-0.05, 0) is 37.1 Å². The summed E-state index contributed by atoms with van der Waals surface area (Å²) in [4.78, 5) is 33.8. The Labute approximate surface area is 149 Å². The van der Waals surface area contributed by atoms with Gasteiger partial charge in [-0.15, -0.1) is 0 Å². The highest BCUT2D eigenvalue weighted by atomic mass is 16.6. The predicted octanol–water partition coefficient (Wildman–Crippen LogP) is 2.77. The summed E-state index contributed by atoms with van der Waals surface area (Å²) in [5, 5.41) is 13.2. The highest BCUT2D eigenvalue weighted by Gasteiger charge is 2.16. The van der Waals surface area contributed by atoms with Crippen LogP contribution < -0.4 is 10.1 Å². The van der Waals surface area contributed by atoms with Crippen LogP contribution in [0.3, 0.4) is 0 Å². The van der Waals surface area contributed by atoms with Gasteiger partial charge in [0.15, 0.2) is 13.2 Å². The van der Waals surface area contributed by atoms with Crippen molar-refractivity contribution in [1.29, 1.82) is 0 Å². The van der Waals surface area contributed by atoms with Crippen LogP contribution in [0.2, 0.25) is 0 Å². The zero-order chi connectivity index (χ0) is 19.1. The Hall–Kier alpha value is -3.42. The van der Waals surface area contributed by atoms with Gasteiger partial charge in [-0.25, -0.2) is 4.79 Å². The molecule has 0 aliphatic carbocycles. The maximum Gasteiger partial charge on any atom is 0.344 e. The third-order valence-electron chi connectivity index (χ3n) is 3.64. The Morgan fingerprint density at radius 3 is 2.54 bits per heavy atom. The lowest BCUT2D eigenvalue weighted by Crippen LogP contribution is -2.24. The number of aryl methyl sites for hydroxylation is 1. The normalized spacial score (nSPS) is 10.1. The van der Waals surface area contributed by atoms with Crippen molar-refractivity contribution in [2.45, 2.75) is 13.8 Å². The smallest absolute Gasteiger partial charge is 0.344 e. The third-order valence-corrected chi connectivity index (χ3v) is 3.64. The molecule has 0 atom stereocenters. The molecule has 0 aliphatic rings. The molecule has 0 bridgehead atoms. The molecule has 0 aromatic heterocycles. The van der Waals surface area contributed by atoms with Gasteiger partial charge in [-0.1, -0.05) is 24.3 Å². The number of nitrogens with zero attached hydrogens (tertiary/aromatic N) is 1. The minimum absolute atomic E-state index is 0.0326. The molecule has 0 unspecified atom stereocenters. The summed E-state index contributed by atoms with van der Waals surface area (Å²) < 4.78 is 10.2. The van der Waals surface area contributed by atoms with Crippen LogP contribution in [0.15, 0.2) is 42.5 Å². The van der Waals surface area contributed by atoms with E-state index >= 15 is 0 Å². The van der Waals surface area contributed by atoms with Gasteiger partial charge >= 0.3 is 5.97 Å². The summed E-state index contributed by atoms with van der Waals surface area (Å²) in [7, 11) is 0. The molecule has 2 aromatic rings. The molecule has 136 valence electrons. The number of nitro benzene ring substituents is 1. The lowest BCUT2D eigenvalue weighted by molar-refractivity contribution is -0.383. The molecule has 2 aromatic carbocycles. The molecule has 2 rings (SSSR count). The minimum atomic E-state index is -0.719. The summed E-state index contributed by atoms with van der Waals surface area (Å²) in [6, 6.07) is 11.2. The average molecular weight is 358 g/mol. The summed E-state index contributed by atoms with van der Waals surface area (Å²) in [6.07, 6.45) is 0. The number of rotatable bonds is 7. The van der Waals surface area contributed by atoms with E-state index in [0.29, 0.717) is 5.75 Å². The van der Waals surface area contributed by atoms with Crippen molar-refractivity contribution in [3.05, 3.63) is 63.7 Å². The molecular formula is C18H18N2O6. The predicted molar refractivity (Wildman–Crippen MR) is 94.1 cm³/mol. The molecule has 8 heteroatoms. The summed E-state index contributed by atoms with van der Waals surface area (Å²) in [5.74, 6) is -0.839. The van der Waals surface area contributed by atoms with Gasteiger partial charge in [0, 0.05) is 6.07 Å². The largest absolute Gasteiger partial charge is 0.482 e. The number of amides is 1. The molecule has 1 N–H and O–H groups in total. The second-order valence-corrected chi connectivity index (χ2v) is 5.47. The van der Waals surface area contributed by atoms with Crippen molar-refractivity contribution < 1.29 is 24.0 Å². The first-order valence-corrected chi connectivity index (χ1v) is 7.76. The van der Waals surface area contributed by atoms with Crippen LogP contribution in [-0.2, 0) is 14.3 Å². The molecule has 0 fully saturated rings. The number of ether oxygens (including phenoxy) is 2. The number of hydrogen-bond acceptors (Lipinski definition) is 6. The molecule has 0 heterocycles. The van der Waals surface area contributed by atoms with Crippen molar-refractivity contribution >= 4 is 23.3 Å². The summed E-state index contributed by atoms with van der Waals surface area (Å²) in [5.41, 5.74) is 1.73. The van der Waals surface area contributed by atoms with E-state index in [0.717, 1.165) is 11.1 Å². The molecule has 0 spiro atoms. The van der Waals surface area contributed by atoms with E-state index in [9.17, 15) is 19.7 Å². The zero-order valence-electron chi connectivity index (χ0n) is 14.4. The maximum absolute atomic E-state index is 11.8. The molecule has 1 amide bonds. The lowest BCUT2D eigenvalue weighted by Gasteiger charge is -2.10. The van der Waals surface area contributed by atoms with Crippen molar-refractivity contribution in [2.24, 2.45) is 0 Å². The quantitative estimate of drug-likeness (QED) is 0.463. The maximum atomic E-state index is 11.8. The fraction of sp³-hybridized carbons (Fsp3) is 0.222. The first kappa shape index (κ1) is 18.9. The van der Waals surface area contributed by atoms with Crippen LogP contribution in [0.5, 0.6) is 5.75 Å². The SMILES string of the molecule is Cc1cccc(OCC(=O)OCC(=O)Nc2ccccc2[N+](=O)[O-])c1C. The number of carbonyl (C=O) groups is 2. The van der Waals surface area contributed by atoms with Crippen molar-refractivity contribution in [1.82, 2.24) is 0 Å². The fourth-order valence-corrected chi connectivity index (χ4v) is 2.13. The number of benzene rings is 2. The van der Waals surface area contributed by atoms with Gasteiger partial charge in [0.2, 0.25) is 0 Å². The Balaban J connectivity index is 1.83. The number of carbonyl (C=O) groups excluding carboxylic acids is 2. The Bertz CT molecular complexity index is 834. The summed E-state index contributed by atoms with van der Waals surface area (Å²) >= 11 is 0. The first-order valence-electron chi connectivity index (χ1n) is 7.76. The van der Waals surface area contributed by atoms with E-state index in [1.54, 1.807) is 12.1 Å². The fourth-order valence-electron chi connectivity index (χ4n) is 2.13. The van der Waals surface area contributed by atoms with Gasteiger partial charge < -0.3 is 14.8 Å². The summed E-state index contributed by atoms with van der Waals surface area (Å²) in [6.45, 7) is 2.88. The molecule has 0 saturated heterocycles. The second kappa shape index (κ2) is 8.61. The average Bonchev–Trinajstić information content (AvgIpc) is 2.61. The van der Waals surface area contributed by atoms with Gasteiger partial charge in [0.25, 0.3) is 11.6 Å². The number of hydrogen-bond donors (Lipinski definition) is 1. The molecule has 0 saturated carbocycles. The van der Waals surface area contributed by atoms with Crippen LogP contribution in [0.1, 0.15) is 11.1 Å². The van der Waals surface area contributed by atoms with E-state index in [1.807, 2.05) is 26.0 Å². The van der Waals surface area contributed by atoms with Gasteiger partial charge in [-0.2, -0.15) is 0 Å². The van der Waals surface area contributed by atoms with E-state index in [-0.39, 0.29) is 18.0 Å². The van der Waals surface area contributed by atoms with Crippen molar-refractivity contribution in [3.63, 3.8) is 0 Å². The van der Waals surface area contributed by atoms with Crippen LogP contribution >= 0.6 is 0 Å². The Morgan fingerprint density at radius 1 is 1.08 bits per heavy atom. The van der Waals surface area contributed by atoms with Crippen LogP contribution in [-0.4, -0.2) is 30.0 Å². The topological polar surface area (TPSA) is 108 Å². The highest BCUT2D eigenvalue weighted by Crippen LogP contribution is 2.23. The van der Waals surface area contributed by atoms with E-state index in [2.05, 4.69) is 5.32 Å². The van der Waals surface area contributed by atoms with Gasteiger partial charge in [0.05, 0.1) is 4.92 Å².